The average molecular weight is 278 g/mol. The SMILES string of the molecule is CC(C)c1nc2ccc3ccccc3c2nc1C(C)(C)C. The van der Waals surface area contributed by atoms with Crippen LogP contribution in [0.2, 0.25) is 0 Å². The van der Waals surface area contributed by atoms with E-state index in [9.17, 15) is 0 Å². The molecule has 2 aromatic carbocycles. The number of rotatable bonds is 1. The summed E-state index contributed by atoms with van der Waals surface area (Å²) in [6.45, 7) is 11.0. The second-order valence-electron chi connectivity index (χ2n) is 7.02. The van der Waals surface area contributed by atoms with Crippen molar-refractivity contribution < 1.29 is 0 Å². The highest BCUT2D eigenvalue weighted by Crippen LogP contribution is 2.31. The van der Waals surface area contributed by atoms with Crippen molar-refractivity contribution in [3.8, 4) is 0 Å². The fourth-order valence-electron chi connectivity index (χ4n) is 2.76. The van der Waals surface area contributed by atoms with Crippen molar-refractivity contribution in [3.05, 3.63) is 47.8 Å². The molecule has 108 valence electrons. The fraction of sp³-hybridized carbons (Fsp3) is 0.368. The molecule has 3 rings (SSSR count). The van der Waals surface area contributed by atoms with Crippen LogP contribution >= 0.6 is 0 Å². The molecule has 2 nitrogen and oxygen atoms in total. The molecule has 0 saturated heterocycles. The van der Waals surface area contributed by atoms with E-state index >= 15 is 0 Å². The Hall–Kier alpha value is -1.96. The van der Waals surface area contributed by atoms with Crippen molar-refractivity contribution in [3.63, 3.8) is 0 Å². The Kier molecular flexibility index (Phi) is 3.20. The van der Waals surface area contributed by atoms with Gasteiger partial charge in [0.2, 0.25) is 0 Å². The maximum absolute atomic E-state index is 5.03. The molecule has 21 heavy (non-hydrogen) atoms. The Morgan fingerprint density at radius 3 is 2.29 bits per heavy atom. The van der Waals surface area contributed by atoms with Crippen LogP contribution in [0, 0.1) is 0 Å². The van der Waals surface area contributed by atoms with E-state index in [0.29, 0.717) is 5.92 Å². The molecule has 0 spiro atoms. The molecular weight excluding hydrogens is 256 g/mol. The summed E-state index contributed by atoms with van der Waals surface area (Å²) in [5.41, 5.74) is 4.23. The summed E-state index contributed by atoms with van der Waals surface area (Å²) in [6.07, 6.45) is 0. The van der Waals surface area contributed by atoms with E-state index in [4.69, 9.17) is 9.97 Å². The molecular formula is C19H22N2. The fourth-order valence-corrected chi connectivity index (χ4v) is 2.76. The Bertz CT molecular complexity index is 811. The first-order valence-electron chi connectivity index (χ1n) is 7.58. The van der Waals surface area contributed by atoms with Crippen LogP contribution in [0.1, 0.15) is 51.9 Å². The molecule has 0 aliphatic rings. The van der Waals surface area contributed by atoms with Crippen molar-refractivity contribution in [2.24, 2.45) is 0 Å². The van der Waals surface area contributed by atoms with Gasteiger partial charge in [0.1, 0.15) is 0 Å². The second kappa shape index (κ2) is 4.80. The van der Waals surface area contributed by atoms with Gasteiger partial charge in [-0.1, -0.05) is 65.0 Å². The van der Waals surface area contributed by atoms with Crippen molar-refractivity contribution in [1.29, 1.82) is 0 Å². The number of hydrogen-bond acceptors (Lipinski definition) is 2. The molecule has 0 bridgehead atoms. The lowest BCUT2D eigenvalue weighted by Crippen LogP contribution is -2.19. The van der Waals surface area contributed by atoms with Gasteiger partial charge < -0.3 is 0 Å². The third kappa shape index (κ3) is 2.39. The third-order valence-corrected chi connectivity index (χ3v) is 3.84. The van der Waals surface area contributed by atoms with Gasteiger partial charge in [-0.25, -0.2) is 9.97 Å². The number of hydrogen-bond donors (Lipinski definition) is 0. The van der Waals surface area contributed by atoms with E-state index < -0.39 is 0 Å². The summed E-state index contributed by atoms with van der Waals surface area (Å²) in [5, 5.41) is 2.40. The highest BCUT2D eigenvalue weighted by Gasteiger charge is 2.23. The van der Waals surface area contributed by atoms with Crippen LogP contribution in [0.15, 0.2) is 36.4 Å². The Balaban J connectivity index is 2.44. The number of benzene rings is 2. The normalized spacial score (nSPS) is 12.5. The van der Waals surface area contributed by atoms with Crippen molar-refractivity contribution in [2.45, 2.75) is 46.0 Å². The highest BCUT2D eigenvalue weighted by molar-refractivity contribution is 6.03. The Morgan fingerprint density at radius 2 is 1.62 bits per heavy atom. The van der Waals surface area contributed by atoms with Crippen LogP contribution in [-0.2, 0) is 5.41 Å². The number of aromatic nitrogens is 2. The van der Waals surface area contributed by atoms with Crippen LogP contribution in [0.25, 0.3) is 21.8 Å². The van der Waals surface area contributed by atoms with Gasteiger partial charge in [-0.15, -0.1) is 0 Å². The van der Waals surface area contributed by atoms with Gasteiger partial charge in [0.05, 0.1) is 22.4 Å². The zero-order valence-corrected chi connectivity index (χ0v) is 13.4. The molecule has 0 radical (unpaired) electrons. The zero-order valence-electron chi connectivity index (χ0n) is 13.4. The third-order valence-electron chi connectivity index (χ3n) is 3.84. The van der Waals surface area contributed by atoms with Gasteiger partial charge in [0.15, 0.2) is 0 Å². The predicted octanol–water partition coefficient (Wildman–Crippen LogP) is 5.20. The topological polar surface area (TPSA) is 25.8 Å². The molecule has 1 heterocycles. The molecule has 0 aliphatic heterocycles. The molecule has 1 aromatic heterocycles. The maximum Gasteiger partial charge on any atom is 0.0968 e. The van der Waals surface area contributed by atoms with E-state index in [2.05, 4.69) is 71.0 Å². The standard InChI is InChI=1S/C19H22N2/c1-12(2)16-18(19(3,4)5)21-17-14-9-7-6-8-13(14)10-11-15(17)20-16/h6-12H,1-5H3. The van der Waals surface area contributed by atoms with Gasteiger partial charge in [-0.2, -0.15) is 0 Å². The smallest absolute Gasteiger partial charge is 0.0968 e. The van der Waals surface area contributed by atoms with E-state index in [1.54, 1.807) is 0 Å². The maximum atomic E-state index is 5.03. The minimum absolute atomic E-state index is 0.00224. The van der Waals surface area contributed by atoms with Crippen LogP contribution in [0.3, 0.4) is 0 Å². The monoisotopic (exact) mass is 278 g/mol. The van der Waals surface area contributed by atoms with Gasteiger partial charge in [-0.05, 0) is 17.4 Å². The summed E-state index contributed by atoms with van der Waals surface area (Å²) < 4.78 is 0. The summed E-state index contributed by atoms with van der Waals surface area (Å²) in [4.78, 5) is 9.96. The summed E-state index contributed by atoms with van der Waals surface area (Å²) in [6, 6.07) is 12.6. The highest BCUT2D eigenvalue weighted by atomic mass is 14.8. The first-order valence-corrected chi connectivity index (χ1v) is 7.58. The van der Waals surface area contributed by atoms with Crippen molar-refractivity contribution >= 4 is 21.8 Å². The van der Waals surface area contributed by atoms with Crippen molar-refractivity contribution in [2.75, 3.05) is 0 Å². The molecule has 0 amide bonds. The minimum atomic E-state index is -0.00224. The quantitative estimate of drug-likeness (QED) is 0.571. The van der Waals surface area contributed by atoms with E-state index in [1.807, 2.05) is 0 Å². The van der Waals surface area contributed by atoms with Gasteiger partial charge in [-0.3, -0.25) is 0 Å². The van der Waals surface area contributed by atoms with Gasteiger partial charge in [0, 0.05) is 10.8 Å². The number of nitrogens with zero attached hydrogens (tertiary/aromatic N) is 2. The molecule has 0 fully saturated rings. The largest absolute Gasteiger partial charge is 0.249 e. The minimum Gasteiger partial charge on any atom is -0.249 e. The van der Waals surface area contributed by atoms with Gasteiger partial charge in [0.25, 0.3) is 0 Å². The summed E-state index contributed by atoms with van der Waals surface area (Å²) >= 11 is 0. The van der Waals surface area contributed by atoms with Crippen LogP contribution < -0.4 is 0 Å². The van der Waals surface area contributed by atoms with Crippen LogP contribution in [0.4, 0.5) is 0 Å². The van der Waals surface area contributed by atoms with Crippen molar-refractivity contribution in [1.82, 2.24) is 9.97 Å². The zero-order chi connectivity index (χ0) is 15.2. The molecule has 3 aromatic rings. The molecule has 0 saturated carbocycles. The first kappa shape index (κ1) is 14.0. The Morgan fingerprint density at radius 1 is 0.905 bits per heavy atom. The Labute approximate surface area is 126 Å². The molecule has 2 heteroatoms. The van der Waals surface area contributed by atoms with E-state index in [-0.39, 0.29) is 5.41 Å². The average Bonchev–Trinajstić information content (AvgIpc) is 2.44. The van der Waals surface area contributed by atoms with Crippen LogP contribution in [0.5, 0.6) is 0 Å². The summed E-state index contributed by atoms with van der Waals surface area (Å²) in [7, 11) is 0. The van der Waals surface area contributed by atoms with E-state index in [1.165, 1.54) is 10.8 Å². The van der Waals surface area contributed by atoms with Gasteiger partial charge >= 0.3 is 0 Å². The predicted molar refractivity (Wildman–Crippen MR) is 89.8 cm³/mol. The lowest BCUT2D eigenvalue weighted by molar-refractivity contribution is 0.552. The second-order valence-corrected chi connectivity index (χ2v) is 7.02. The molecule has 0 atom stereocenters. The van der Waals surface area contributed by atoms with E-state index in [0.717, 1.165) is 22.4 Å². The van der Waals surface area contributed by atoms with Crippen LogP contribution in [-0.4, -0.2) is 9.97 Å². The lowest BCUT2D eigenvalue weighted by atomic mass is 9.87. The first-order chi connectivity index (χ1) is 9.88. The number of fused-ring (bicyclic) bond motifs is 3. The summed E-state index contributed by atoms with van der Waals surface area (Å²) in [5.74, 6) is 0.377. The molecule has 0 aliphatic carbocycles. The molecule has 0 N–H and O–H groups in total. The lowest BCUT2D eigenvalue weighted by Gasteiger charge is -2.23. The molecule has 0 unspecified atom stereocenters.